The van der Waals surface area contributed by atoms with Gasteiger partial charge in [0.2, 0.25) is 0 Å². The number of carbonyl (C=O) groups is 1. The molecule has 0 aromatic carbocycles. The van der Waals surface area contributed by atoms with Crippen molar-refractivity contribution in [1.82, 2.24) is 4.90 Å². The lowest BCUT2D eigenvalue weighted by Gasteiger charge is -2.26. The molecule has 1 saturated heterocycles. The molecule has 0 aliphatic carbocycles. The first-order valence-corrected chi connectivity index (χ1v) is 3.61. The summed E-state index contributed by atoms with van der Waals surface area (Å²) < 4.78 is 0. The maximum absolute atomic E-state index is 10.5. The lowest BCUT2D eigenvalue weighted by atomic mass is 9.99. The zero-order valence-corrected chi connectivity index (χ0v) is 8.66. The molecule has 5 heteroatoms. The Hall–Kier alpha value is 0.01000. The molecule has 74 valence electrons. The van der Waals surface area contributed by atoms with Crippen LogP contribution in [0.4, 0.5) is 0 Å². The van der Waals surface area contributed by atoms with Crippen molar-refractivity contribution >= 4 is 30.8 Å². The summed E-state index contributed by atoms with van der Waals surface area (Å²) in [6.45, 7) is 1.76. The van der Waals surface area contributed by atoms with Crippen molar-refractivity contribution in [2.45, 2.75) is 12.8 Å². The number of rotatable bonds is 1. The third kappa shape index (κ3) is 4.14. The number of hydrogen-bond acceptors (Lipinski definition) is 2. The van der Waals surface area contributed by atoms with Gasteiger partial charge in [-0.15, -0.1) is 24.8 Å². The molecule has 1 rings (SSSR count). The van der Waals surface area contributed by atoms with Crippen LogP contribution in [-0.2, 0) is 4.79 Å². The zero-order valence-electron chi connectivity index (χ0n) is 7.02. The molecule has 0 saturated carbocycles. The van der Waals surface area contributed by atoms with Gasteiger partial charge >= 0.3 is 5.97 Å². The van der Waals surface area contributed by atoms with Gasteiger partial charge in [0.15, 0.2) is 0 Å². The summed E-state index contributed by atoms with van der Waals surface area (Å²) in [5.41, 5.74) is 0. The van der Waals surface area contributed by atoms with Crippen LogP contribution in [0.2, 0.25) is 0 Å². The molecule has 1 heterocycles. The molecule has 0 radical (unpaired) electrons. The lowest BCUT2D eigenvalue weighted by molar-refractivity contribution is -0.143. The summed E-state index contributed by atoms with van der Waals surface area (Å²) in [5.74, 6) is -0.773. The van der Waals surface area contributed by atoms with Crippen LogP contribution in [0.15, 0.2) is 0 Å². The van der Waals surface area contributed by atoms with Crippen molar-refractivity contribution in [1.29, 1.82) is 0 Å². The third-order valence-electron chi connectivity index (χ3n) is 1.97. The third-order valence-corrected chi connectivity index (χ3v) is 1.97. The molecule has 1 unspecified atom stereocenters. The van der Waals surface area contributed by atoms with Gasteiger partial charge in [0.05, 0.1) is 5.92 Å². The van der Waals surface area contributed by atoms with Crippen LogP contribution in [0.25, 0.3) is 0 Å². The van der Waals surface area contributed by atoms with E-state index in [-0.39, 0.29) is 30.7 Å². The Bertz CT molecular complexity index is 143. The van der Waals surface area contributed by atoms with Crippen molar-refractivity contribution in [3.8, 4) is 0 Å². The number of carboxylic acid groups (broad SMARTS) is 1. The van der Waals surface area contributed by atoms with Crippen LogP contribution in [0, 0.1) is 5.92 Å². The van der Waals surface area contributed by atoms with E-state index in [1.54, 1.807) is 0 Å². The standard InChI is InChI=1S/C7H13NO2.2ClH/c1-8-4-2-3-6(5-8)7(9)10;;/h6H,2-5H2,1H3,(H,9,10);2*1H. The fraction of sp³-hybridized carbons (Fsp3) is 0.857. The summed E-state index contributed by atoms with van der Waals surface area (Å²) in [6.07, 6.45) is 1.87. The molecular weight excluding hydrogens is 201 g/mol. The number of hydrogen-bond donors (Lipinski definition) is 1. The molecule has 1 aliphatic heterocycles. The van der Waals surface area contributed by atoms with E-state index in [1.165, 1.54) is 0 Å². The number of likely N-dealkylation sites (tertiary alicyclic amines) is 1. The van der Waals surface area contributed by atoms with Crippen LogP contribution in [0.3, 0.4) is 0 Å². The van der Waals surface area contributed by atoms with Gasteiger partial charge in [0.1, 0.15) is 0 Å². The SMILES string of the molecule is CN1CCCC(C(=O)O)C1.Cl.Cl. The summed E-state index contributed by atoms with van der Waals surface area (Å²) in [5, 5.41) is 8.63. The Morgan fingerprint density at radius 3 is 2.42 bits per heavy atom. The number of carboxylic acids is 1. The minimum absolute atomic E-state index is 0. The molecule has 0 spiro atoms. The van der Waals surface area contributed by atoms with Gasteiger partial charge in [-0.2, -0.15) is 0 Å². The van der Waals surface area contributed by atoms with E-state index in [4.69, 9.17) is 5.11 Å². The van der Waals surface area contributed by atoms with Crippen LogP contribution < -0.4 is 0 Å². The van der Waals surface area contributed by atoms with Crippen molar-refractivity contribution in [2.24, 2.45) is 5.92 Å². The fourth-order valence-corrected chi connectivity index (χ4v) is 1.37. The van der Waals surface area contributed by atoms with Gasteiger partial charge in [-0.05, 0) is 26.4 Å². The van der Waals surface area contributed by atoms with E-state index in [0.717, 1.165) is 25.9 Å². The highest BCUT2D eigenvalue weighted by atomic mass is 35.5. The van der Waals surface area contributed by atoms with E-state index >= 15 is 0 Å². The van der Waals surface area contributed by atoms with Gasteiger partial charge in [-0.25, -0.2) is 0 Å². The van der Waals surface area contributed by atoms with Crippen LogP contribution in [0.5, 0.6) is 0 Å². The Morgan fingerprint density at radius 1 is 1.50 bits per heavy atom. The molecule has 0 aromatic rings. The predicted octanol–water partition coefficient (Wildman–Crippen LogP) is 1.26. The number of piperidine rings is 1. The lowest BCUT2D eigenvalue weighted by Crippen LogP contribution is -2.35. The maximum atomic E-state index is 10.5. The van der Waals surface area contributed by atoms with E-state index in [2.05, 4.69) is 4.90 Å². The molecule has 0 amide bonds. The molecule has 1 fully saturated rings. The highest BCUT2D eigenvalue weighted by molar-refractivity contribution is 5.85. The van der Waals surface area contributed by atoms with Gasteiger partial charge in [-0.1, -0.05) is 0 Å². The molecule has 0 aromatic heterocycles. The van der Waals surface area contributed by atoms with E-state index in [1.807, 2.05) is 7.05 Å². The largest absolute Gasteiger partial charge is 0.481 e. The van der Waals surface area contributed by atoms with Crippen molar-refractivity contribution in [3.63, 3.8) is 0 Å². The van der Waals surface area contributed by atoms with E-state index < -0.39 is 5.97 Å². The average Bonchev–Trinajstić information content (AvgIpc) is 1.88. The highest BCUT2D eigenvalue weighted by Gasteiger charge is 2.22. The number of halogens is 2. The molecule has 1 atom stereocenters. The summed E-state index contributed by atoms with van der Waals surface area (Å²) in [4.78, 5) is 12.5. The minimum atomic E-state index is -0.647. The normalized spacial score (nSPS) is 23.6. The van der Waals surface area contributed by atoms with Crippen LogP contribution in [0.1, 0.15) is 12.8 Å². The van der Waals surface area contributed by atoms with Gasteiger partial charge in [-0.3, -0.25) is 4.79 Å². The highest BCUT2D eigenvalue weighted by Crippen LogP contribution is 2.14. The first-order valence-electron chi connectivity index (χ1n) is 3.61. The van der Waals surface area contributed by atoms with E-state index in [9.17, 15) is 4.79 Å². The number of aliphatic carboxylic acids is 1. The quantitative estimate of drug-likeness (QED) is 0.717. The molecular formula is C7H15Cl2NO2. The molecule has 3 nitrogen and oxygen atoms in total. The maximum Gasteiger partial charge on any atom is 0.307 e. The second-order valence-corrected chi connectivity index (χ2v) is 2.94. The second-order valence-electron chi connectivity index (χ2n) is 2.94. The summed E-state index contributed by atoms with van der Waals surface area (Å²) >= 11 is 0. The minimum Gasteiger partial charge on any atom is -0.481 e. The first-order chi connectivity index (χ1) is 4.70. The van der Waals surface area contributed by atoms with Crippen molar-refractivity contribution in [2.75, 3.05) is 20.1 Å². The predicted molar refractivity (Wildman–Crippen MR) is 52.4 cm³/mol. The molecule has 0 bridgehead atoms. The number of nitrogens with zero attached hydrogens (tertiary/aromatic N) is 1. The smallest absolute Gasteiger partial charge is 0.307 e. The Morgan fingerprint density at radius 2 is 2.08 bits per heavy atom. The molecule has 1 aliphatic rings. The van der Waals surface area contributed by atoms with Gasteiger partial charge < -0.3 is 10.0 Å². The van der Waals surface area contributed by atoms with E-state index in [0.29, 0.717) is 0 Å². The van der Waals surface area contributed by atoms with Crippen molar-refractivity contribution < 1.29 is 9.90 Å². The average molecular weight is 216 g/mol. The topological polar surface area (TPSA) is 40.5 Å². The van der Waals surface area contributed by atoms with Gasteiger partial charge in [0.25, 0.3) is 0 Å². The van der Waals surface area contributed by atoms with Gasteiger partial charge in [0, 0.05) is 6.54 Å². The summed E-state index contributed by atoms with van der Waals surface area (Å²) in [6, 6.07) is 0. The summed E-state index contributed by atoms with van der Waals surface area (Å²) in [7, 11) is 1.97. The molecule has 12 heavy (non-hydrogen) atoms. The van der Waals surface area contributed by atoms with Crippen LogP contribution >= 0.6 is 24.8 Å². The van der Waals surface area contributed by atoms with Crippen molar-refractivity contribution in [3.05, 3.63) is 0 Å². The monoisotopic (exact) mass is 215 g/mol. The zero-order chi connectivity index (χ0) is 7.56. The second kappa shape index (κ2) is 6.52. The Kier molecular flexibility index (Phi) is 7.89. The fourth-order valence-electron chi connectivity index (χ4n) is 1.37. The Labute approximate surface area is 84.9 Å². The molecule has 1 N–H and O–H groups in total. The first kappa shape index (κ1) is 14.5. The Balaban J connectivity index is 0. The van der Waals surface area contributed by atoms with Crippen LogP contribution in [-0.4, -0.2) is 36.1 Å².